The topological polar surface area (TPSA) is 0 Å². The zero-order valence-electron chi connectivity index (χ0n) is 8.02. The average Bonchev–Trinajstić information content (AvgIpc) is 1.94. The summed E-state index contributed by atoms with van der Waals surface area (Å²) < 4.78 is 0.371. The fourth-order valence-electron chi connectivity index (χ4n) is 3.11. The van der Waals surface area contributed by atoms with Crippen LogP contribution in [-0.4, -0.2) is 4.75 Å². The molecule has 3 saturated carbocycles. The van der Waals surface area contributed by atoms with Crippen molar-refractivity contribution in [2.24, 2.45) is 17.3 Å². The molecule has 1 radical (unpaired) electrons. The SMILES string of the molecule is CC1CCC2CC1(S)C2(C)C.[Au]. The van der Waals surface area contributed by atoms with Crippen molar-refractivity contribution in [2.45, 2.75) is 44.8 Å². The third kappa shape index (κ3) is 1.10. The van der Waals surface area contributed by atoms with Gasteiger partial charge in [0.1, 0.15) is 0 Å². The number of fused-ring (bicyclic) bond motifs is 2. The van der Waals surface area contributed by atoms with Gasteiger partial charge in [0.25, 0.3) is 0 Å². The van der Waals surface area contributed by atoms with E-state index in [1.165, 1.54) is 19.3 Å². The number of hydrogen-bond donors (Lipinski definition) is 1. The summed E-state index contributed by atoms with van der Waals surface area (Å²) in [4.78, 5) is 0. The largest absolute Gasteiger partial charge is 0.172 e. The first kappa shape index (κ1) is 11.2. The van der Waals surface area contributed by atoms with Crippen molar-refractivity contribution >= 4 is 12.6 Å². The molecule has 3 aliphatic rings. The first-order chi connectivity index (χ1) is 4.98. The van der Waals surface area contributed by atoms with Gasteiger partial charge in [-0.05, 0) is 36.5 Å². The summed E-state index contributed by atoms with van der Waals surface area (Å²) in [6, 6.07) is 0. The van der Waals surface area contributed by atoms with Gasteiger partial charge in [0.05, 0.1) is 0 Å². The van der Waals surface area contributed by atoms with Crippen LogP contribution in [0.15, 0.2) is 0 Å². The van der Waals surface area contributed by atoms with Crippen molar-refractivity contribution in [3.63, 3.8) is 0 Å². The molecule has 0 spiro atoms. The molecule has 3 unspecified atom stereocenters. The van der Waals surface area contributed by atoms with Crippen molar-refractivity contribution in [2.75, 3.05) is 0 Å². The van der Waals surface area contributed by atoms with E-state index in [9.17, 15) is 0 Å². The fourth-order valence-corrected chi connectivity index (χ4v) is 3.64. The minimum absolute atomic E-state index is 0. The van der Waals surface area contributed by atoms with E-state index in [4.69, 9.17) is 12.6 Å². The molecule has 3 fully saturated rings. The summed E-state index contributed by atoms with van der Waals surface area (Å²) in [5, 5.41) is 0. The average molecular weight is 367 g/mol. The third-order valence-corrected chi connectivity index (χ3v) is 5.66. The Morgan fingerprint density at radius 1 is 1.25 bits per heavy atom. The van der Waals surface area contributed by atoms with E-state index < -0.39 is 0 Å². The summed E-state index contributed by atoms with van der Waals surface area (Å²) in [6.07, 6.45) is 4.21. The van der Waals surface area contributed by atoms with Crippen molar-refractivity contribution < 1.29 is 22.4 Å². The predicted octanol–water partition coefficient (Wildman–Crippen LogP) is 3.13. The molecule has 3 aliphatic carbocycles. The Balaban J connectivity index is 0.000000720. The molecule has 75 valence electrons. The Morgan fingerprint density at radius 3 is 2.17 bits per heavy atom. The van der Waals surface area contributed by atoms with Gasteiger partial charge >= 0.3 is 0 Å². The van der Waals surface area contributed by atoms with Crippen LogP contribution in [0.3, 0.4) is 0 Å². The second kappa shape index (κ2) is 3.05. The molecule has 0 aromatic heterocycles. The minimum atomic E-state index is 0. The van der Waals surface area contributed by atoms with E-state index in [0.717, 1.165) is 11.8 Å². The Morgan fingerprint density at radius 2 is 1.83 bits per heavy atom. The van der Waals surface area contributed by atoms with Crippen molar-refractivity contribution in [3.8, 4) is 0 Å². The number of hydrogen-bond acceptors (Lipinski definition) is 1. The van der Waals surface area contributed by atoms with Crippen LogP contribution in [0.1, 0.15) is 40.0 Å². The van der Waals surface area contributed by atoms with Gasteiger partial charge < -0.3 is 0 Å². The summed E-state index contributed by atoms with van der Waals surface area (Å²) in [6.45, 7) is 7.15. The molecule has 2 bridgehead atoms. The Labute approximate surface area is 96.8 Å². The first-order valence-electron chi connectivity index (χ1n) is 4.71. The molecule has 0 aromatic carbocycles. The van der Waals surface area contributed by atoms with Gasteiger partial charge in [-0.25, -0.2) is 0 Å². The third-order valence-electron chi connectivity index (χ3n) is 4.46. The standard InChI is InChI=1S/C10H18S.Au/c1-7-4-5-8-6-10(7,11)9(8,2)3;/h7-8,11H,4-6H2,1-3H3;. The zero-order valence-corrected chi connectivity index (χ0v) is 11.1. The van der Waals surface area contributed by atoms with Crippen LogP contribution in [0.2, 0.25) is 0 Å². The molecule has 0 nitrogen and oxygen atoms in total. The fraction of sp³-hybridized carbons (Fsp3) is 1.00. The Kier molecular flexibility index (Phi) is 2.84. The first-order valence-corrected chi connectivity index (χ1v) is 5.15. The summed E-state index contributed by atoms with van der Waals surface area (Å²) in [7, 11) is 0. The van der Waals surface area contributed by atoms with Crippen LogP contribution >= 0.6 is 12.6 Å². The molecule has 0 heterocycles. The maximum atomic E-state index is 4.86. The normalized spacial score (nSPS) is 49.0. The van der Waals surface area contributed by atoms with Crippen LogP contribution in [0.4, 0.5) is 0 Å². The van der Waals surface area contributed by atoms with E-state index in [1.807, 2.05) is 0 Å². The number of rotatable bonds is 0. The van der Waals surface area contributed by atoms with Gasteiger partial charge in [-0.2, -0.15) is 12.6 Å². The quantitative estimate of drug-likeness (QED) is 0.494. The Hall–Kier alpha value is 1.09. The van der Waals surface area contributed by atoms with Crippen molar-refractivity contribution in [1.82, 2.24) is 0 Å². The summed E-state index contributed by atoms with van der Waals surface area (Å²) in [5.41, 5.74) is 0.508. The maximum absolute atomic E-state index is 4.86. The monoisotopic (exact) mass is 367 g/mol. The van der Waals surface area contributed by atoms with Gasteiger partial charge in [0.15, 0.2) is 0 Å². The zero-order chi connectivity index (χ0) is 8.28. The van der Waals surface area contributed by atoms with Crippen LogP contribution in [0.25, 0.3) is 0 Å². The second-order valence-electron chi connectivity index (χ2n) is 5.03. The molecule has 0 amide bonds. The molecular formula is C10H18AuS. The smallest absolute Gasteiger partial charge is 0.0211 e. The summed E-state index contributed by atoms with van der Waals surface area (Å²) >= 11 is 4.86. The van der Waals surface area contributed by atoms with E-state index in [-0.39, 0.29) is 22.4 Å². The molecule has 3 atom stereocenters. The van der Waals surface area contributed by atoms with E-state index >= 15 is 0 Å². The molecule has 0 saturated heterocycles. The van der Waals surface area contributed by atoms with Crippen molar-refractivity contribution in [3.05, 3.63) is 0 Å². The van der Waals surface area contributed by atoms with Crippen LogP contribution < -0.4 is 0 Å². The van der Waals surface area contributed by atoms with Gasteiger partial charge in [0.2, 0.25) is 0 Å². The summed E-state index contributed by atoms with van der Waals surface area (Å²) in [5.74, 6) is 1.79. The predicted molar refractivity (Wildman–Crippen MR) is 52.0 cm³/mol. The molecule has 0 aromatic rings. The van der Waals surface area contributed by atoms with E-state index in [1.54, 1.807) is 0 Å². The Bertz CT molecular complexity index is 190. The maximum Gasteiger partial charge on any atom is 0.0211 e. The molecule has 3 rings (SSSR count). The van der Waals surface area contributed by atoms with Gasteiger partial charge in [-0.3, -0.25) is 0 Å². The van der Waals surface area contributed by atoms with Crippen LogP contribution in [-0.2, 0) is 22.4 Å². The molecule has 0 aliphatic heterocycles. The van der Waals surface area contributed by atoms with Crippen LogP contribution in [0, 0.1) is 17.3 Å². The second-order valence-corrected chi connectivity index (χ2v) is 5.82. The van der Waals surface area contributed by atoms with Gasteiger partial charge in [0, 0.05) is 27.1 Å². The van der Waals surface area contributed by atoms with E-state index in [2.05, 4.69) is 20.8 Å². The van der Waals surface area contributed by atoms with Gasteiger partial charge in [-0.15, -0.1) is 0 Å². The van der Waals surface area contributed by atoms with E-state index in [0.29, 0.717) is 10.2 Å². The minimum Gasteiger partial charge on any atom is -0.172 e. The van der Waals surface area contributed by atoms with Crippen LogP contribution in [0.5, 0.6) is 0 Å². The number of thiol groups is 1. The van der Waals surface area contributed by atoms with Gasteiger partial charge in [-0.1, -0.05) is 20.8 Å². The molecule has 12 heavy (non-hydrogen) atoms. The molecule has 0 N–H and O–H groups in total. The molecular weight excluding hydrogens is 349 g/mol. The molecule has 2 heteroatoms. The van der Waals surface area contributed by atoms with Crippen molar-refractivity contribution in [1.29, 1.82) is 0 Å².